The van der Waals surface area contributed by atoms with E-state index in [-0.39, 0.29) is 11.8 Å². The molecule has 0 saturated carbocycles. The number of nitrogens with one attached hydrogen (secondary N) is 1. The van der Waals surface area contributed by atoms with Crippen LogP contribution in [0.15, 0.2) is 53.3 Å². The van der Waals surface area contributed by atoms with Crippen LogP contribution in [0, 0.1) is 5.92 Å². The predicted molar refractivity (Wildman–Crippen MR) is 95.1 cm³/mol. The van der Waals surface area contributed by atoms with Gasteiger partial charge in [-0.15, -0.1) is 0 Å². The predicted octanol–water partition coefficient (Wildman–Crippen LogP) is 2.88. The standard InChI is InChI=1S/C20H24N2O3/c23-19(7-6-16-4-2-1-3-5-16)21-14-17-8-11-22(12-9-17)20(24)18-10-13-25-15-18/h1-5,10,13,15,17H,6-9,11-12,14H2,(H,21,23). The van der Waals surface area contributed by atoms with Crippen LogP contribution >= 0.6 is 0 Å². The van der Waals surface area contributed by atoms with Crippen LogP contribution in [0.1, 0.15) is 35.2 Å². The molecule has 1 N–H and O–H groups in total. The Kier molecular flexibility index (Phi) is 5.88. The maximum atomic E-state index is 12.2. The zero-order chi connectivity index (χ0) is 17.5. The molecule has 0 unspecified atom stereocenters. The highest BCUT2D eigenvalue weighted by atomic mass is 16.3. The first-order chi connectivity index (χ1) is 12.2. The van der Waals surface area contributed by atoms with Gasteiger partial charge in [0.2, 0.25) is 5.91 Å². The van der Waals surface area contributed by atoms with Gasteiger partial charge >= 0.3 is 0 Å². The molecule has 132 valence electrons. The van der Waals surface area contributed by atoms with E-state index in [4.69, 9.17) is 4.42 Å². The van der Waals surface area contributed by atoms with E-state index in [2.05, 4.69) is 5.32 Å². The van der Waals surface area contributed by atoms with E-state index in [1.807, 2.05) is 35.2 Å². The number of aryl methyl sites for hydroxylation is 1. The number of nitrogens with zero attached hydrogens (tertiary/aromatic N) is 1. The van der Waals surface area contributed by atoms with Gasteiger partial charge in [0, 0.05) is 26.1 Å². The van der Waals surface area contributed by atoms with Crippen LogP contribution in [-0.2, 0) is 11.2 Å². The summed E-state index contributed by atoms with van der Waals surface area (Å²) < 4.78 is 4.97. The highest BCUT2D eigenvalue weighted by Gasteiger charge is 2.24. The van der Waals surface area contributed by atoms with Crippen LogP contribution in [0.5, 0.6) is 0 Å². The molecule has 1 aliphatic heterocycles. The van der Waals surface area contributed by atoms with Crippen LogP contribution in [0.2, 0.25) is 0 Å². The minimum Gasteiger partial charge on any atom is -0.472 e. The first-order valence-corrected chi connectivity index (χ1v) is 8.84. The van der Waals surface area contributed by atoms with Gasteiger partial charge in [-0.05, 0) is 36.8 Å². The summed E-state index contributed by atoms with van der Waals surface area (Å²) in [5, 5.41) is 3.04. The monoisotopic (exact) mass is 340 g/mol. The number of hydrogen-bond acceptors (Lipinski definition) is 3. The molecule has 1 aromatic carbocycles. The van der Waals surface area contributed by atoms with Crippen molar-refractivity contribution < 1.29 is 14.0 Å². The van der Waals surface area contributed by atoms with Gasteiger partial charge in [-0.25, -0.2) is 0 Å². The molecule has 0 bridgehead atoms. The van der Waals surface area contributed by atoms with E-state index in [1.54, 1.807) is 6.07 Å². The Morgan fingerprint density at radius 2 is 1.88 bits per heavy atom. The molecule has 1 fully saturated rings. The Bertz CT molecular complexity index is 674. The van der Waals surface area contributed by atoms with Crippen molar-refractivity contribution in [3.8, 4) is 0 Å². The normalized spacial score (nSPS) is 15.1. The van der Waals surface area contributed by atoms with Crippen molar-refractivity contribution >= 4 is 11.8 Å². The van der Waals surface area contributed by atoms with Crippen molar-refractivity contribution in [3.63, 3.8) is 0 Å². The van der Waals surface area contributed by atoms with Crippen LogP contribution in [0.3, 0.4) is 0 Å². The second-order valence-electron chi connectivity index (χ2n) is 6.54. The lowest BCUT2D eigenvalue weighted by Gasteiger charge is -2.31. The molecule has 5 heteroatoms. The second-order valence-corrected chi connectivity index (χ2v) is 6.54. The molecule has 25 heavy (non-hydrogen) atoms. The fourth-order valence-electron chi connectivity index (χ4n) is 3.16. The molecule has 0 atom stereocenters. The summed E-state index contributed by atoms with van der Waals surface area (Å²) in [6, 6.07) is 11.7. The lowest BCUT2D eigenvalue weighted by atomic mass is 9.96. The third kappa shape index (κ3) is 4.95. The van der Waals surface area contributed by atoms with E-state index in [0.717, 1.165) is 32.4 Å². The van der Waals surface area contributed by atoms with Crippen LogP contribution in [0.25, 0.3) is 0 Å². The number of hydrogen-bond donors (Lipinski definition) is 1. The van der Waals surface area contributed by atoms with Gasteiger partial charge < -0.3 is 14.6 Å². The van der Waals surface area contributed by atoms with E-state index >= 15 is 0 Å². The molecule has 2 aromatic rings. The quantitative estimate of drug-likeness (QED) is 0.879. The number of benzene rings is 1. The Morgan fingerprint density at radius 1 is 1.12 bits per heavy atom. The largest absolute Gasteiger partial charge is 0.472 e. The van der Waals surface area contributed by atoms with Crippen LogP contribution in [0.4, 0.5) is 0 Å². The highest BCUT2D eigenvalue weighted by Crippen LogP contribution is 2.18. The second kappa shape index (κ2) is 8.51. The number of likely N-dealkylation sites (tertiary alicyclic amines) is 1. The Hall–Kier alpha value is -2.56. The summed E-state index contributed by atoms with van der Waals surface area (Å²) in [5.74, 6) is 0.564. The number of amides is 2. The van der Waals surface area contributed by atoms with Crippen molar-refractivity contribution in [2.75, 3.05) is 19.6 Å². The summed E-state index contributed by atoms with van der Waals surface area (Å²) >= 11 is 0. The van der Waals surface area contributed by atoms with E-state index in [1.165, 1.54) is 18.1 Å². The van der Waals surface area contributed by atoms with Crippen molar-refractivity contribution in [2.24, 2.45) is 5.92 Å². The van der Waals surface area contributed by atoms with E-state index in [9.17, 15) is 9.59 Å². The first kappa shape index (κ1) is 17.3. The molecule has 0 radical (unpaired) electrons. The van der Waals surface area contributed by atoms with Gasteiger partial charge in [-0.1, -0.05) is 30.3 Å². The van der Waals surface area contributed by atoms with Crippen molar-refractivity contribution in [2.45, 2.75) is 25.7 Å². The summed E-state index contributed by atoms with van der Waals surface area (Å²) in [6.07, 6.45) is 6.13. The number of furan rings is 1. The maximum Gasteiger partial charge on any atom is 0.257 e. The smallest absolute Gasteiger partial charge is 0.257 e. The van der Waals surface area contributed by atoms with Gasteiger partial charge in [0.25, 0.3) is 5.91 Å². The molecule has 1 aromatic heterocycles. The average molecular weight is 340 g/mol. The van der Waals surface area contributed by atoms with E-state index < -0.39 is 0 Å². The summed E-state index contributed by atoms with van der Waals surface area (Å²) in [5.41, 5.74) is 1.79. The summed E-state index contributed by atoms with van der Waals surface area (Å²) in [6.45, 7) is 2.16. The fraction of sp³-hybridized carbons (Fsp3) is 0.400. The molecule has 0 spiro atoms. The number of carbonyl (C=O) groups is 2. The molecule has 2 amide bonds. The average Bonchev–Trinajstić information content (AvgIpc) is 3.20. The Morgan fingerprint density at radius 3 is 2.56 bits per heavy atom. The third-order valence-corrected chi connectivity index (χ3v) is 4.74. The van der Waals surface area contributed by atoms with Gasteiger partial charge in [-0.3, -0.25) is 9.59 Å². The summed E-state index contributed by atoms with van der Waals surface area (Å²) in [4.78, 5) is 26.1. The minimum atomic E-state index is 0.0269. The van der Waals surface area contributed by atoms with Crippen LogP contribution < -0.4 is 5.32 Å². The molecular weight excluding hydrogens is 316 g/mol. The molecule has 5 nitrogen and oxygen atoms in total. The van der Waals surface area contributed by atoms with Gasteiger partial charge in [-0.2, -0.15) is 0 Å². The minimum absolute atomic E-state index is 0.0269. The van der Waals surface area contributed by atoms with Gasteiger partial charge in [0.1, 0.15) is 6.26 Å². The lowest BCUT2D eigenvalue weighted by molar-refractivity contribution is -0.121. The molecular formula is C20H24N2O3. The SMILES string of the molecule is O=C(CCc1ccccc1)NCC1CCN(C(=O)c2ccoc2)CC1. The number of rotatable bonds is 6. The van der Waals surface area contributed by atoms with Gasteiger partial charge in [0.05, 0.1) is 11.8 Å². The fourth-order valence-corrected chi connectivity index (χ4v) is 3.16. The Labute approximate surface area is 148 Å². The topological polar surface area (TPSA) is 62.6 Å². The number of carbonyl (C=O) groups excluding carboxylic acids is 2. The lowest BCUT2D eigenvalue weighted by Crippen LogP contribution is -2.41. The van der Waals surface area contributed by atoms with Gasteiger partial charge in [0.15, 0.2) is 0 Å². The maximum absolute atomic E-state index is 12.2. The molecule has 3 rings (SSSR count). The number of piperidine rings is 1. The van der Waals surface area contributed by atoms with Crippen molar-refractivity contribution in [1.82, 2.24) is 10.2 Å². The molecule has 0 aliphatic carbocycles. The first-order valence-electron chi connectivity index (χ1n) is 8.84. The zero-order valence-corrected chi connectivity index (χ0v) is 14.3. The molecule has 1 saturated heterocycles. The molecule has 1 aliphatic rings. The van der Waals surface area contributed by atoms with Crippen molar-refractivity contribution in [3.05, 3.63) is 60.1 Å². The third-order valence-electron chi connectivity index (χ3n) is 4.74. The summed E-state index contributed by atoms with van der Waals surface area (Å²) in [7, 11) is 0. The Balaban J connectivity index is 1.35. The highest BCUT2D eigenvalue weighted by molar-refractivity contribution is 5.93. The van der Waals surface area contributed by atoms with E-state index in [0.29, 0.717) is 24.4 Å². The van der Waals surface area contributed by atoms with Crippen molar-refractivity contribution in [1.29, 1.82) is 0 Å². The van der Waals surface area contributed by atoms with Crippen LogP contribution in [-0.4, -0.2) is 36.3 Å². The zero-order valence-electron chi connectivity index (χ0n) is 14.3. The molecule has 2 heterocycles.